The lowest BCUT2D eigenvalue weighted by Gasteiger charge is -2.08. The third-order valence-corrected chi connectivity index (χ3v) is 5.80. The van der Waals surface area contributed by atoms with Crippen molar-refractivity contribution >= 4 is 38.3 Å². The second kappa shape index (κ2) is 6.87. The number of carbonyl (C=O) groups is 1. The van der Waals surface area contributed by atoms with E-state index in [9.17, 15) is 13.2 Å². The number of nitrogens with zero attached hydrogens (tertiary/aromatic N) is 1. The smallest absolute Gasteiger partial charge is 0.239 e. The molecule has 5 nitrogen and oxygen atoms in total. The molecule has 136 valence electrons. The Hall–Kier alpha value is -2.15. The van der Waals surface area contributed by atoms with Gasteiger partial charge in [-0.25, -0.2) is 13.6 Å². The van der Waals surface area contributed by atoms with Crippen LogP contribution in [0, 0.1) is 6.92 Å². The Bertz CT molecular complexity index is 1120. The predicted octanol–water partition coefficient (Wildman–Crippen LogP) is 3.89. The summed E-state index contributed by atoms with van der Waals surface area (Å²) in [5.41, 5.74) is 2.64. The molecule has 26 heavy (non-hydrogen) atoms. The van der Waals surface area contributed by atoms with Crippen molar-refractivity contribution in [3.8, 4) is 0 Å². The van der Waals surface area contributed by atoms with Crippen molar-refractivity contribution in [3.05, 3.63) is 64.3 Å². The first-order valence-electron chi connectivity index (χ1n) is 8.20. The average Bonchev–Trinajstić information content (AvgIpc) is 2.86. The number of rotatable bonds is 5. The highest BCUT2D eigenvalue weighted by Crippen LogP contribution is 2.30. The lowest BCUT2D eigenvalue weighted by atomic mass is 10.0. The number of ketones is 1. The topological polar surface area (TPSA) is 82.2 Å². The number of hydrogen-bond donors (Lipinski definition) is 1. The second-order valence-corrected chi connectivity index (χ2v) is 8.09. The molecule has 0 aliphatic heterocycles. The maximum absolute atomic E-state index is 13.2. The molecule has 0 saturated heterocycles. The third-order valence-electron chi connectivity index (χ3n) is 4.41. The molecule has 0 aliphatic rings. The minimum Gasteiger partial charge on any atom is -0.344 e. The van der Waals surface area contributed by atoms with Crippen LogP contribution in [-0.4, -0.2) is 18.8 Å². The highest BCUT2D eigenvalue weighted by Gasteiger charge is 2.23. The van der Waals surface area contributed by atoms with Gasteiger partial charge in [-0.1, -0.05) is 36.7 Å². The van der Waals surface area contributed by atoms with Gasteiger partial charge in [-0.15, -0.1) is 0 Å². The van der Waals surface area contributed by atoms with Crippen LogP contribution >= 0.6 is 11.6 Å². The van der Waals surface area contributed by atoms with E-state index in [2.05, 4.69) is 11.5 Å². The molecule has 3 rings (SSSR count). The minimum atomic E-state index is -4.02. The largest absolute Gasteiger partial charge is 0.344 e. The van der Waals surface area contributed by atoms with Gasteiger partial charge in [-0.3, -0.25) is 4.79 Å². The Labute approximate surface area is 157 Å². The second-order valence-electron chi connectivity index (χ2n) is 6.15. The van der Waals surface area contributed by atoms with E-state index in [1.807, 2.05) is 31.2 Å². The maximum Gasteiger partial charge on any atom is 0.239 e. The van der Waals surface area contributed by atoms with Crippen molar-refractivity contribution in [3.63, 3.8) is 0 Å². The van der Waals surface area contributed by atoms with Gasteiger partial charge >= 0.3 is 0 Å². The quantitative estimate of drug-likeness (QED) is 0.671. The molecule has 0 atom stereocenters. The predicted molar refractivity (Wildman–Crippen MR) is 103 cm³/mol. The number of fused-ring (bicyclic) bond motifs is 1. The number of aryl methyl sites for hydroxylation is 1. The highest BCUT2D eigenvalue weighted by molar-refractivity contribution is 7.89. The summed E-state index contributed by atoms with van der Waals surface area (Å²) in [4.78, 5) is 12.9. The van der Waals surface area contributed by atoms with Gasteiger partial charge in [0.2, 0.25) is 10.0 Å². The van der Waals surface area contributed by atoms with Crippen LogP contribution in [-0.2, 0) is 16.6 Å². The van der Waals surface area contributed by atoms with E-state index < -0.39 is 10.0 Å². The normalized spacial score (nSPS) is 11.8. The number of aromatic nitrogens is 1. The summed E-state index contributed by atoms with van der Waals surface area (Å²) in [5.74, 6) is -0.255. The van der Waals surface area contributed by atoms with Crippen molar-refractivity contribution in [1.82, 2.24) is 4.57 Å². The Kier molecular flexibility index (Phi) is 4.92. The van der Waals surface area contributed by atoms with Crippen LogP contribution in [0.3, 0.4) is 0 Å². The monoisotopic (exact) mass is 390 g/mol. The van der Waals surface area contributed by atoms with Crippen LogP contribution in [0.1, 0.15) is 35.0 Å². The zero-order chi connectivity index (χ0) is 19.1. The third kappa shape index (κ3) is 3.16. The molecule has 0 fully saturated rings. The van der Waals surface area contributed by atoms with Crippen molar-refractivity contribution in [1.29, 1.82) is 0 Å². The fourth-order valence-corrected chi connectivity index (χ4v) is 4.31. The van der Waals surface area contributed by atoms with Gasteiger partial charge in [0.05, 0.1) is 10.6 Å². The first-order valence-corrected chi connectivity index (χ1v) is 10.1. The first kappa shape index (κ1) is 18.6. The number of primary sulfonamides is 1. The maximum atomic E-state index is 13.2. The number of para-hydroxylation sites is 1. The van der Waals surface area contributed by atoms with E-state index in [1.165, 1.54) is 18.2 Å². The number of halogens is 1. The molecule has 1 aromatic heterocycles. The fourth-order valence-electron chi connectivity index (χ4n) is 3.24. The molecule has 7 heteroatoms. The Balaban J connectivity index is 2.22. The molecule has 0 bridgehead atoms. The summed E-state index contributed by atoms with van der Waals surface area (Å²) in [5, 5.41) is 6.04. The summed E-state index contributed by atoms with van der Waals surface area (Å²) < 4.78 is 25.5. The standard InChI is InChI=1S/C19H19ClN2O3S/c1-3-10-22-12(2)18(14-6-4-5-7-16(14)22)19(23)13-8-9-15(20)17(11-13)26(21,24)25/h4-9,11H,3,10H2,1-2H3,(H2,21,24,25). The van der Waals surface area contributed by atoms with Crippen LogP contribution in [0.2, 0.25) is 5.02 Å². The first-order chi connectivity index (χ1) is 12.3. The Morgan fingerprint density at radius 1 is 1.19 bits per heavy atom. The molecule has 0 radical (unpaired) electrons. The van der Waals surface area contributed by atoms with Gasteiger partial charge in [0.25, 0.3) is 0 Å². The fraction of sp³-hybridized carbons (Fsp3) is 0.211. The van der Waals surface area contributed by atoms with Crippen molar-refractivity contribution in [2.75, 3.05) is 0 Å². The number of carbonyl (C=O) groups excluding carboxylic acids is 1. The van der Waals surface area contributed by atoms with Crippen LogP contribution in [0.15, 0.2) is 47.4 Å². The molecule has 1 heterocycles. The summed E-state index contributed by atoms with van der Waals surface area (Å²) in [6, 6.07) is 11.8. The number of sulfonamides is 1. The van der Waals surface area contributed by atoms with Gasteiger partial charge in [0.1, 0.15) is 4.90 Å². The SMILES string of the molecule is CCCn1c(C)c(C(=O)c2ccc(Cl)c(S(N)(=O)=O)c2)c2ccccc21. The Morgan fingerprint density at radius 3 is 2.54 bits per heavy atom. The van der Waals surface area contributed by atoms with Gasteiger partial charge in [-0.2, -0.15) is 0 Å². The molecule has 2 aromatic carbocycles. The summed E-state index contributed by atoms with van der Waals surface area (Å²) in [6.45, 7) is 4.77. The van der Waals surface area contributed by atoms with Crippen LogP contribution in [0.25, 0.3) is 10.9 Å². The molecule has 3 aromatic rings. The van der Waals surface area contributed by atoms with Gasteiger partial charge in [0, 0.05) is 28.7 Å². The molecule has 0 saturated carbocycles. The van der Waals surface area contributed by atoms with Crippen LogP contribution in [0.5, 0.6) is 0 Å². The summed E-state index contributed by atoms with van der Waals surface area (Å²) in [7, 11) is -4.02. The number of hydrogen-bond acceptors (Lipinski definition) is 3. The molecule has 2 N–H and O–H groups in total. The molecular weight excluding hydrogens is 372 g/mol. The average molecular weight is 391 g/mol. The van der Waals surface area contributed by atoms with Crippen molar-refractivity contribution < 1.29 is 13.2 Å². The van der Waals surface area contributed by atoms with E-state index in [-0.39, 0.29) is 21.3 Å². The zero-order valence-electron chi connectivity index (χ0n) is 14.5. The van der Waals surface area contributed by atoms with E-state index in [0.717, 1.165) is 29.6 Å². The summed E-state index contributed by atoms with van der Waals surface area (Å²) >= 11 is 5.93. The van der Waals surface area contributed by atoms with Gasteiger partial charge in [-0.05, 0) is 37.6 Å². The molecule has 0 unspecified atom stereocenters. The molecule has 0 spiro atoms. The van der Waals surface area contributed by atoms with Crippen LogP contribution < -0.4 is 5.14 Å². The molecule has 0 amide bonds. The Morgan fingerprint density at radius 2 is 1.88 bits per heavy atom. The zero-order valence-corrected chi connectivity index (χ0v) is 16.1. The van der Waals surface area contributed by atoms with E-state index in [0.29, 0.717) is 5.56 Å². The van der Waals surface area contributed by atoms with Crippen molar-refractivity contribution in [2.24, 2.45) is 5.14 Å². The lowest BCUT2D eigenvalue weighted by Crippen LogP contribution is -2.14. The van der Waals surface area contributed by atoms with Gasteiger partial charge < -0.3 is 4.57 Å². The lowest BCUT2D eigenvalue weighted by molar-refractivity contribution is 0.103. The van der Waals surface area contributed by atoms with E-state index in [1.54, 1.807) is 0 Å². The van der Waals surface area contributed by atoms with Crippen molar-refractivity contribution in [2.45, 2.75) is 31.7 Å². The van der Waals surface area contributed by atoms with Gasteiger partial charge in [0.15, 0.2) is 5.78 Å². The van der Waals surface area contributed by atoms with E-state index >= 15 is 0 Å². The number of nitrogens with two attached hydrogens (primary N) is 1. The molecule has 0 aliphatic carbocycles. The molecular formula is C19H19ClN2O3S. The van der Waals surface area contributed by atoms with E-state index in [4.69, 9.17) is 16.7 Å². The number of benzene rings is 2. The van der Waals surface area contributed by atoms with Crippen LogP contribution in [0.4, 0.5) is 0 Å². The minimum absolute atomic E-state index is 0.00539. The highest BCUT2D eigenvalue weighted by atomic mass is 35.5. The summed E-state index contributed by atoms with van der Waals surface area (Å²) in [6.07, 6.45) is 0.934.